The summed E-state index contributed by atoms with van der Waals surface area (Å²) in [6.07, 6.45) is 5.70. The molecular weight excluding hydrogens is 333 g/mol. The van der Waals surface area contributed by atoms with E-state index in [0.717, 1.165) is 36.9 Å². The Hall–Kier alpha value is -2.76. The summed E-state index contributed by atoms with van der Waals surface area (Å²) < 4.78 is 13.6. The van der Waals surface area contributed by atoms with Crippen molar-refractivity contribution in [3.8, 4) is 0 Å². The van der Waals surface area contributed by atoms with Crippen molar-refractivity contribution in [3.05, 3.63) is 64.7 Å². The summed E-state index contributed by atoms with van der Waals surface area (Å²) in [7, 11) is 0. The zero-order valence-corrected chi connectivity index (χ0v) is 14.4. The topological polar surface area (TPSA) is 62.3 Å². The van der Waals surface area contributed by atoms with Crippen LogP contribution in [-0.2, 0) is 17.6 Å². The smallest absolute Gasteiger partial charge is 0.256 e. The highest BCUT2D eigenvalue weighted by Crippen LogP contribution is 2.27. The Morgan fingerprint density at radius 2 is 2.08 bits per heavy atom. The van der Waals surface area contributed by atoms with E-state index in [0.29, 0.717) is 24.2 Å². The van der Waals surface area contributed by atoms with Gasteiger partial charge in [-0.2, -0.15) is 0 Å². The average molecular weight is 353 g/mol. The van der Waals surface area contributed by atoms with Gasteiger partial charge < -0.3 is 10.2 Å². The number of halogens is 1. The zero-order valence-electron chi connectivity index (χ0n) is 14.4. The predicted octanol–water partition coefficient (Wildman–Crippen LogP) is 2.41. The number of pyridine rings is 1. The number of aryl methyl sites for hydroxylation is 2. The first kappa shape index (κ1) is 16.7. The zero-order chi connectivity index (χ0) is 18.1. The van der Waals surface area contributed by atoms with Crippen LogP contribution in [0.3, 0.4) is 0 Å². The summed E-state index contributed by atoms with van der Waals surface area (Å²) in [5, 5.41) is 2.77. The first-order valence-electron chi connectivity index (χ1n) is 8.95. The molecule has 4 rings (SSSR count). The lowest BCUT2D eigenvalue weighted by Crippen LogP contribution is -2.52. The van der Waals surface area contributed by atoms with Gasteiger partial charge in [0.05, 0.1) is 5.56 Å². The third kappa shape index (κ3) is 3.07. The van der Waals surface area contributed by atoms with Crippen molar-refractivity contribution in [2.75, 3.05) is 13.1 Å². The Morgan fingerprint density at radius 3 is 2.92 bits per heavy atom. The van der Waals surface area contributed by atoms with Crippen LogP contribution in [0.2, 0.25) is 0 Å². The Morgan fingerprint density at radius 1 is 1.23 bits per heavy atom. The largest absolute Gasteiger partial charge is 0.352 e. The first-order valence-corrected chi connectivity index (χ1v) is 8.95. The molecule has 2 aromatic rings. The van der Waals surface area contributed by atoms with Gasteiger partial charge in [-0.1, -0.05) is 12.1 Å². The van der Waals surface area contributed by atoms with E-state index in [-0.39, 0.29) is 11.8 Å². The van der Waals surface area contributed by atoms with Crippen LogP contribution in [0.15, 0.2) is 36.5 Å². The molecule has 1 saturated heterocycles. The van der Waals surface area contributed by atoms with Gasteiger partial charge in [-0.25, -0.2) is 4.39 Å². The van der Waals surface area contributed by atoms with E-state index in [1.807, 2.05) is 6.07 Å². The molecular formula is C20H20FN3O2. The molecule has 2 heterocycles. The summed E-state index contributed by atoms with van der Waals surface area (Å²) in [4.78, 5) is 31.5. The van der Waals surface area contributed by atoms with Crippen LogP contribution in [0.4, 0.5) is 4.39 Å². The molecule has 1 aromatic carbocycles. The monoisotopic (exact) mass is 353 g/mol. The lowest BCUT2D eigenvalue weighted by Gasteiger charge is -2.35. The van der Waals surface area contributed by atoms with Crippen molar-refractivity contribution < 1.29 is 14.0 Å². The molecule has 5 nitrogen and oxygen atoms in total. The van der Waals surface area contributed by atoms with Crippen molar-refractivity contribution in [1.29, 1.82) is 0 Å². The van der Waals surface area contributed by atoms with E-state index < -0.39 is 11.9 Å². The van der Waals surface area contributed by atoms with Gasteiger partial charge in [-0.15, -0.1) is 0 Å². The highest BCUT2D eigenvalue weighted by molar-refractivity contribution is 5.98. The molecule has 0 unspecified atom stereocenters. The minimum atomic E-state index is -0.831. The van der Waals surface area contributed by atoms with Gasteiger partial charge in [0.1, 0.15) is 11.9 Å². The van der Waals surface area contributed by atoms with Crippen molar-refractivity contribution in [1.82, 2.24) is 15.2 Å². The lowest BCUT2D eigenvalue weighted by molar-refractivity contribution is -0.128. The molecule has 0 bridgehead atoms. The minimum Gasteiger partial charge on any atom is -0.352 e. The molecule has 1 N–H and O–H groups in total. The molecule has 6 heteroatoms. The fraction of sp³-hybridized carbons (Fsp3) is 0.350. The SMILES string of the molecule is O=C1NCCN(C(=O)c2cnc3c(c2)CCCC3)[C@@H]1c1cccc(F)c1. The average Bonchev–Trinajstić information content (AvgIpc) is 2.67. The van der Waals surface area contributed by atoms with Crippen LogP contribution in [0.25, 0.3) is 0 Å². The number of hydrogen-bond acceptors (Lipinski definition) is 3. The third-order valence-corrected chi connectivity index (χ3v) is 5.05. The van der Waals surface area contributed by atoms with Crippen molar-refractivity contribution >= 4 is 11.8 Å². The van der Waals surface area contributed by atoms with E-state index in [4.69, 9.17) is 0 Å². The number of hydrogen-bond donors (Lipinski definition) is 1. The maximum absolute atomic E-state index is 13.6. The van der Waals surface area contributed by atoms with Gasteiger partial charge in [0.25, 0.3) is 5.91 Å². The molecule has 0 saturated carbocycles. The van der Waals surface area contributed by atoms with E-state index in [1.54, 1.807) is 18.3 Å². The number of piperazine rings is 1. The summed E-state index contributed by atoms with van der Waals surface area (Å²) in [6, 6.07) is 6.92. The molecule has 2 amide bonds. The fourth-order valence-electron chi connectivity index (χ4n) is 3.76. The number of carbonyl (C=O) groups excluding carboxylic acids is 2. The summed E-state index contributed by atoms with van der Waals surface area (Å²) >= 11 is 0. The second kappa shape index (κ2) is 6.86. The number of benzene rings is 1. The molecule has 1 atom stereocenters. The maximum atomic E-state index is 13.6. The quantitative estimate of drug-likeness (QED) is 0.902. The van der Waals surface area contributed by atoms with E-state index >= 15 is 0 Å². The normalized spacial score (nSPS) is 19.7. The van der Waals surface area contributed by atoms with Crippen LogP contribution in [0.5, 0.6) is 0 Å². The summed E-state index contributed by atoms with van der Waals surface area (Å²) in [5.41, 5.74) is 3.14. The molecule has 1 aliphatic carbocycles. The Balaban J connectivity index is 1.67. The Labute approximate surface area is 151 Å². The molecule has 134 valence electrons. The standard InChI is InChI=1S/C20H20FN3O2/c21-16-6-3-5-14(11-16)18-19(25)22-8-9-24(18)20(26)15-10-13-4-1-2-7-17(13)23-12-15/h3,5-6,10-12,18H,1-2,4,7-9H2,(H,22,25)/t18-/m1/s1. The second-order valence-corrected chi connectivity index (χ2v) is 6.78. The van der Waals surface area contributed by atoms with Crippen LogP contribution in [0, 0.1) is 5.82 Å². The number of rotatable bonds is 2. The van der Waals surface area contributed by atoms with Crippen LogP contribution >= 0.6 is 0 Å². The number of nitrogens with one attached hydrogen (secondary N) is 1. The highest BCUT2D eigenvalue weighted by Gasteiger charge is 2.35. The van der Waals surface area contributed by atoms with Gasteiger partial charge in [0.2, 0.25) is 5.91 Å². The highest BCUT2D eigenvalue weighted by atomic mass is 19.1. The third-order valence-electron chi connectivity index (χ3n) is 5.05. The van der Waals surface area contributed by atoms with E-state index in [9.17, 15) is 14.0 Å². The van der Waals surface area contributed by atoms with Crippen molar-refractivity contribution in [2.45, 2.75) is 31.7 Å². The minimum absolute atomic E-state index is 0.241. The van der Waals surface area contributed by atoms with Gasteiger partial charge in [-0.3, -0.25) is 14.6 Å². The number of fused-ring (bicyclic) bond motifs is 1. The Bertz CT molecular complexity index is 868. The molecule has 1 aliphatic heterocycles. The number of aromatic nitrogens is 1. The summed E-state index contributed by atoms with van der Waals surface area (Å²) in [5.74, 6) is -0.958. The maximum Gasteiger partial charge on any atom is 0.256 e. The molecule has 26 heavy (non-hydrogen) atoms. The molecule has 1 fully saturated rings. The van der Waals surface area contributed by atoms with Crippen molar-refractivity contribution in [2.24, 2.45) is 0 Å². The molecule has 0 spiro atoms. The number of carbonyl (C=O) groups is 2. The van der Waals surface area contributed by atoms with Gasteiger partial charge in [0.15, 0.2) is 0 Å². The lowest BCUT2D eigenvalue weighted by atomic mass is 9.94. The van der Waals surface area contributed by atoms with Gasteiger partial charge in [0, 0.05) is 25.0 Å². The summed E-state index contributed by atoms with van der Waals surface area (Å²) in [6.45, 7) is 0.762. The Kier molecular flexibility index (Phi) is 4.41. The van der Waals surface area contributed by atoms with Crippen LogP contribution in [-0.4, -0.2) is 34.8 Å². The number of nitrogens with zero attached hydrogens (tertiary/aromatic N) is 2. The second-order valence-electron chi connectivity index (χ2n) is 6.78. The molecule has 0 radical (unpaired) electrons. The van der Waals surface area contributed by atoms with E-state index in [2.05, 4.69) is 10.3 Å². The molecule has 1 aromatic heterocycles. The molecule has 2 aliphatic rings. The van der Waals surface area contributed by atoms with Gasteiger partial charge in [-0.05, 0) is 55.0 Å². The number of amides is 2. The van der Waals surface area contributed by atoms with Gasteiger partial charge >= 0.3 is 0 Å². The van der Waals surface area contributed by atoms with Crippen molar-refractivity contribution in [3.63, 3.8) is 0 Å². The van der Waals surface area contributed by atoms with E-state index in [1.165, 1.54) is 17.0 Å². The predicted molar refractivity (Wildman–Crippen MR) is 94.1 cm³/mol. The van der Waals surface area contributed by atoms with Crippen LogP contribution < -0.4 is 5.32 Å². The first-order chi connectivity index (χ1) is 12.6. The fourth-order valence-corrected chi connectivity index (χ4v) is 3.76. The van der Waals surface area contributed by atoms with Crippen LogP contribution in [0.1, 0.15) is 46.1 Å².